The van der Waals surface area contributed by atoms with Gasteiger partial charge in [0.25, 0.3) is 5.91 Å². The molecular formula is C20H19N3O2S2. The third kappa shape index (κ3) is 4.26. The minimum atomic E-state index is -0.172. The van der Waals surface area contributed by atoms with Gasteiger partial charge in [0.1, 0.15) is 0 Å². The van der Waals surface area contributed by atoms with Crippen LogP contribution in [0.25, 0.3) is 0 Å². The highest BCUT2D eigenvalue weighted by atomic mass is 32.1. The summed E-state index contributed by atoms with van der Waals surface area (Å²) in [6.45, 7) is 0.655. The Kier molecular flexibility index (Phi) is 5.05. The van der Waals surface area contributed by atoms with Crippen molar-refractivity contribution >= 4 is 39.6 Å². The van der Waals surface area contributed by atoms with Gasteiger partial charge in [-0.3, -0.25) is 14.9 Å². The van der Waals surface area contributed by atoms with Crippen LogP contribution >= 0.6 is 22.7 Å². The first-order valence-electron chi connectivity index (χ1n) is 8.76. The van der Waals surface area contributed by atoms with Crippen LogP contribution in [0.3, 0.4) is 0 Å². The van der Waals surface area contributed by atoms with Crippen molar-refractivity contribution < 1.29 is 9.59 Å². The molecule has 0 bridgehead atoms. The Labute approximate surface area is 165 Å². The monoisotopic (exact) mass is 397 g/mol. The highest BCUT2D eigenvalue weighted by Crippen LogP contribution is 2.47. The first-order valence-corrected chi connectivity index (χ1v) is 10.5. The Hall–Kier alpha value is -2.51. The van der Waals surface area contributed by atoms with Crippen molar-refractivity contribution in [1.82, 2.24) is 10.3 Å². The number of thiazole rings is 1. The summed E-state index contributed by atoms with van der Waals surface area (Å²) < 4.78 is 0. The number of hydrogen-bond donors (Lipinski definition) is 2. The van der Waals surface area contributed by atoms with Gasteiger partial charge >= 0.3 is 0 Å². The highest BCUT2D eigenvalue weighted by Gasteiger charge is 2.44. The molecule has 2 amide bonds. The molecule has 138 valence electrons. The quantitative estimate of drug-likeness (QED) is 0.636. The van der Waals surface area contributed by atoms with Crippen LogP contribution in [0.4, 0.5) is 5.13 Å². The fourth-order valence-electron chi connectivity index (χ4n) is 3.02. The summed E-state index contributed by atoms with van der Waals surface area (Å²) >= 11 is 2.71. The van der Waals surface area contributed by atoms with E-state index in [1.807, 2.05) is 35.0 Å². The van der Waals surface area contributed by atoms with Gasteiger partial charge in [0.05, 0.1) is 17.0 Å². The van der Waals surface area contributed by atoms with E-state index in [0.29, 0.717) is 22.2 Å². The van der Waals surface area contributed by atoms with Crippen LogP contribution in [0, 0.1) is 0 Å². The number of benzene rings is 1. The maximum atomic E-state index is 12.3. The van der Waals surface area contributed by atoms with Gasteiger partial charge < -0.3 is 5.32 Å². The zero-order valence-corrected chi connectivity index (χ0v) is 16.2. The predicted octanol–water partition coefficient (Wildman–Crippen LogP) is 3.85. The van der Waals surface area contributed by atoms with Crippen LogP contribution in [-0.4, -0.2) is 23.3 Å². The summed E-state index contributed by atoms with van der Waals surface area (Å²) in [4.78, 5) is 29.3. The summed E-state index contributed by atoms with van der Waals surface area (Å²) in [6, 6.07) is 13.9. The van der Waals surface area contributed by atoms with Crippen molar-refractivity contribution in [3.05, 3.63) is 69.4 Å². The predicted molar refractivity (Wildman–Crippen MR) is 108 cm³/mol. The van der Waals surface area contributed by atoms with Gasteiger partial charge in [-0.1, -0.05) is 36.4 Å². The lowest BCUT2D eigenvalue weighted by Gasteiger charge is -2.16. The largest absolute Gasteiger partial charge is 0.355 e. The van der Waals surface area contributed by atoms with E-state index in [1.54, 1.807) is 6.07 Å². The number of anilines is 1. The second kappa shape index (κ2) is 7.62. The second-order valence-electron chi connectivity index (χ2n) is 6.68. The van der Waals surface area contributed by atoms with Gasteiger partial charge in [0.15, 0.2) is 5.13 Å². The molecule has 0 saturated heterocycles. The molecule has 1 aromatic carbocycles. The average Bonchev–Trinajstić information content (AvgIpc) is 3.06. The van der Waals surface area contributed by atoms with E-state index in [2.05, 4.69) is 27.8 Å². The Morgan fingerprint density at radius 1 is 1.07 bits per heavy atom. The smallest absolute Gasteiger partial charge is 0.267 e. The average molecular weight is 398 g/mol. The molecule has 2 aromatic heterocycles. The molecule has 0 unspecified atom stereocenters. The summed E-state index contributed by atoms with van der Waals surface area (Å²) in [5.41, 5.74) is 2.06. The summed E-state index contributed by atoms with van der Waals surface area (Å²) in [7, 11) is 0. The molecular weight excluding hydrogens is 378 g/mol. The van der Waals surface area contributed by atoms with Gasteiger partial charge in [-0.25, -0.2) is 4.98 Å². The molecule has 0 atom stereocenters. The summed E-state index contributed by atoms with van der Waals surface area (Å²) in [5.74, 6) is -0.215. The SMILES string of the molecule is O=C(Cc1csc(NC(=O)c2cccs2)n1)NCC1(c2ccccc2)CC1. The molecule has 0 aliphatic heterocycles. The number of hydrogen-bond acceptors (Lipinski definition) is 5. The number of amides is 2. The van der Waals surface area contributed by atoms with Gasteiger partial charge in [-0.15, -0.1) is 22.7 Å². The molecule has 5 nitrogen and oxygen atoms in total. The van der Waals surface area contributed by atoms with Crippen molar-refractivity contribution in [3.8, 4) is 0 Å². The topological polar surface area (TPSA) is 71.1 Å². The molecule has 0 radical (unpaired) electrons. The molecule has 1 fully saturated rings. The van der Waals surface area contributed by atoms with Crippen molar-refractivity contribution in [2.75, 3.05) is 11.9 Å². The molecule has 1 aliphatic carbocycles. The maximum Gasteiger partial charge on any atom is 0.267 e. The number of carbonyl (C=O) groups is 2. The highest BCUT2D eigenvalue weighted by molar-refractivity contribution is 7.14. The minimum absolute atomic E-state index is 0.0429. The number of carbonyl (C=O) groups excluding carboxylic acids is 2. The fourth-order valence-corrected chi connectivity index (χ4v) is 4.34. The summed E-state index contributed by atoms with van der Waals surface area (Å²) in [5, 5.41) is 10.00. The van der Waals surface area contributed by atoms with Crippen LogP contribution in [0.15, 0.2) is 53.2 Å². The van der Waals surface area contributed by atoms with Gasteiger partial charge in [0, 0.05) is 17.3 Å². The van der Waals surface area contributed by atoms with Crippen molar-refractivity contribution in [2.45, 2.75) is 24.7 Å². The van der Waals surface area contributed by atoms with E-state index in [-0.39, 0.29) is 23.7 Å². The van der Waals surface area contributed by atoms with E-state index in [9.17, 15) is 9.59 Å². The van der Waals surface area contributed by atoms with Gasteiger partial charge in [-0.05, 0) is 29.9 Å². The van der Waals surface area contributed by atoms with Crippen molar-refractivity contribution in [3.63, 3.8) is 0 Å². The molecule has 27 heavy (non-hydrogen) atoms. The molecule has 7 heteroatoms. The zero-order chi connectivity index (χ0) is 18.7. The Morgan fingerprint density at radius 3 is 2.59 bits per heavy atom. The number of nitrogens with zero attached hydrogens (tertiary/aromatic N) is 1. The molecule has 3 aromatic rings. The normalized spacial score (nSPS) is 14.5. The third-order valence-corrected chi connectivity index (χ3v) is 6.40. The van der Waals surface area contributed by atoms with E-state index in [0.717, 1.165) is 12.8 Å². The van der Waals surface area contributed by atoms with E-state index >= 15 is 0 Å². The number of thiophene rings is 1. The Balaban J connectivity index is 1.29. The van der Waals surface area contributed by atoms with Crippen LogP contribution in [0.5, 0.6) is 0 Å². The van der Waals surface area contributed by atoms with Crippen LogP contribution in [0.2, 0.25) is 0 Å². The van der Waals surface area contributed by atoms with Gasteiger partial charge in [0.2, 0.25) is 5.91 Å². The zero-order valence-electron chi connectivity index (χ0n) is 14.6. The molecule has 1 aliphatic rings. The molecule has 2 N–H and O–H groups in total. The van der Waals surface area contributed by atoms with Crippen LogP contribution in [0.1, 0.15) is 33.8 Å². The van der Waals surface area contributed by atoms with Crippen molar-refractivity contribution in [2.24, 2.45) is 0 Å². The molecule has 1 saturated carbocycles. The Bertz CT molecular complexity index is 931. The first-order chi connectivity index (χ1) is 13.1. The van der Waals surface area contributed by atoms with Crippen molar-refractivity contribution in [1.29, 1.82) is 0 Å². The molecule has 2 heterocycles. The number of aromatic nitrogens is 1. The van der Waals surface area contributed by atoms with Gasteiger partial charge in [-0.2, -0.15) is 0 Å². The van der Waals surface area contributed by atoms with Crippen LogP contribution in [-0.2, 0) is 16.6 Å². The van der Waals surface area contributed by atoms with E-state index in [1.165, 1.54) is 28.2 Å². The first kappa shape index (κ1) is 17.9. The number of nitrogens with one attached hydrogen (secondary N) is 2. The van der Waals surface area contributed by atoms with E-state index in [4.69, 9.17) is 0 Å². The minimum Gasteiger partial charge on any atom is -0.355 e. The lowest BCUT2D eigenvalue weighted by atomic mass is 9.96. The van der Waals surface area contributed by atoms with E-state index < -0.39 is 0 Å². The number of rotatable bonds is 7. The second-order valence-corrected chi connectivity index (χ2v) is 8.48. The Morgan fingerprint density at radius 2 is 1.89 bits per heavy atom. The lowest BCUT2D eigenvalue weighted by Crippen LogP contribution is -2.33. The molecule has 0 spiro atoms. The van der Waals surface area contributed by atoms with Crippen LogP contribution < -0.4 is 10.6 Å². The third-order valence-electron chi connectivity index (χ3n) is 4.72. The lowest BCUT2D eigenvalue weighted by molar-refractivity contribution is -0.120. The standard InChI is InChI=1S/C20H19N3O2S2/c24-17(21-13-20(8-9-20)14-5-2-1-3-6-14)11-15-12-27-19(22-15)23-18(25)16-7-4-10-26-16/h1-7,10,12H,8-9,11,13H2,(H,21,24)(H,22,23,25). The maximum absolute atomic E-state index is 12.3. The molecule has 4 rings (SSSR count). The fraction of sp³-hybridized carbons (Fsp3) is 0.250. The summed E-state index contributed by atoms with van der Waals surface area (Å²) in [6.07, 6.45) is 2.43.